The van der Waals surface area contributed by atoms with Crippen LogP contribution in [-0.2, 0) is 0 Å². The van der Waals surface area contributed by atoms with Gasteiger partial charge in [-0.3, -0.25) is 0 Å². The summed E-state index contributed by atoms with van der Waals surface area (Å²) in [4.78, 5) is 0. The molecule has 2 aromatic heterocycles. The van der Waals surface area contributed by atoms with Crippen molar-refractivity contribution < 1.29 is 23.0 Å². The lowest BCUT2D eigenvalue weighted by Gasteiger charge is -2.38. The highest BCUT2D eigenvalue weighted by atomic mass is 16.5. The SMILES string of the molecule is c1cc(-c2ccc3oc4ccccc4c3c2)cc(-c2ccc3c4c2Oc2cccc5c2B4c2c(ccc(-c4cccc(-c6ccc7oc8ccccc8c7c6)c4)c2O5)O3)c1. The molecule has 3 aliphatic rings. The average Bonchev–Trinajstić information content (AvgIpc) is 3.87. The van der Waals surface area contributed by atoms with Crippen LogP contribution in [0.5, 0.6) is 34.5 Å². The van der Waals surface area contributed by atoms with E-state index < -0.39 is 0 Å². The van der Waals surface area contributed by atoms with Crippen molar-refractivity contribution in [2.24, 2.45) is 0 Å². The Labute approximate surface area is 343 Å². The molecule has 3 aliphatic heterocycles. The lowest BCUT2D eigenvalue weighted by molar-refractivity contribution is 0.444. The Hall–Kier alpha value is -7.96. The van der Waals surface area contributed by atoms with E-state index in [1.54, 1.807) is 0 Å². The summed E-state index contributed by atoms with van der Waals surface area (Å²) >= 11 is 0. The Morgan fingerprint density at radius 2 is 0.717 bits per heavy atom. The molecule has 0 saturated carbocycles. The molecule has 14 rings (SSSR count). The Kier molecular flexibility index (Phi) is 6.31. The fraction of sp³-hybridized carbons (Fsp3) is 0. The van der Waals surface area contributed by atoms with Gasteiger partial charge in [-0.05, 0) is 118 Å². The van der Waals surface area contributed by atoms with Crippen molar-refractivity contribution >= 4 is 67.0 Å². The molecule has 5 nitrogen and oxygen atoms in total. The maximum Gasteiger partial charge on any atom is 0.270 e. The van der Waals surface area contributed by atoms with Gasteiger partial charge in [-0.25, -0.2) is 0 Å². The van der Waals surface area contributed by atoms with E-state index in [1.807, 2.05) is 30.3 Å². The summed E-state index contributed by atoms with van der Waals surface area (Å²) in [5, 5.41) is 4.44. The smallest absolute Gasteiger partial charge is 0.270 e. The van der Waals surface area contributed by atoms with Crippen molar-refractivity contribution in [2.75, 3.05) is 0 Å². The Balaban J connectivity index is 0.897. The quantitative estimate of drug-likeness (QED) is 0.167. The van der Waals surface area contributed by atoms with Crippen molar-refractivity contribution in [1.29, 1.82) is 0 Å². The molecule has 0 atom stereocenters. The normalized spacial score (nSPS) is 13.0. The van der Waals surface area contributed by atoms with E-state index in [0.29, 0.717) is 0 Å². The number of rotatable bonds is 4. The third-order valence-corrected chi connectivity index (χ3v) is 12.6. The third-order valence-electron chi connectivity index (χ3n) is 12.6. The predicted octanol–water partition coefficient (Wildman–Crippen LogP) is 13.0. The van der Waals surface area contributed by atoms with Gasteiger partial charge in [0.05, 0.1) is 0 Å². The Morgan fingerprint density at radius 3 is 1.25 bits per heavy atom. The second-order valence-corrected chi connectivity index (χ2v) is 15.9. The summed E-state index contributed by atoms with van der Waals surface area (Å²) < 4.78 is 32.9. The first-order valence-corrected chi connectivity index (χ1v) is 20.2. The van der Waals surface area contributed by atoms with Crippen LogP contribution in [-0.4, -0.2) is 6.71 Å². The fourth-order valence-corrected chi connectivity index (χ4v) is 9.86. The summed E-state index contributed by atoms with van der Waals surface area (Å²) in [5.74, 6) is 4.80. The number of para-hydroxylation sites is 2. The Morgan fingerprint density at radius 1 is 0.283 bits per heavy atom. The highest BCUT2D eigenvalue weighted by Crippen LogP contribution is 2.48. The second kappa shape index (κ2) is 11.8. The van der Waals surface area contributed by atoms with Crippen molar-refractivity contribution in [3.05, 3.63) is 176 Å². The standard InChI is InChI=1S/C54H29BO5/c1-3-14-42-38(12-1)40-28-32(18-22-44(40)56-42)30-8-5-10-34(26-30)36-20-24-48-51-53(36)59-46-16-7-17-47-50(46)55(51)52-49(58-48)25-21-37(54(52)60-47)35-11-6-9-31(27-35)33-19-23-45-41(29-33)39-13-2-4-15-43(39)57-45/h1-29H. The van der Waals surface area contributed by atoms with Crippen LogP contribution in [0.25, 0.3) is 88.4 Å². The zero-order chi connectivity index (χ0) is 39.1. The lowest BCUT2D eigenvalue weighted by Crippen LogP contribution is -2.59. The van der Waals surface area contributed by atoms with E-state index in [-0.39, 0.29) is 6.71 Å². The van der Waals surface area contributed by atoms with Crippen LogP contribution in [0.15, 0.2) is 185 Å². The van der Waals surface area contributed by atoms with E-state index in [4.69, 9.17) is 23.0 Å². The van der Waals surface area contributed by atoms with Gasteiger partial charge < -0.3 is 23.0 Å². The molecule has 0 radical (unpaired) electrons. The molecule has 5 heterocycles. The molecule has 0 bridgehead atoms. The molecular formula is C54H29BO5. The maximum atomic E-state index is 6.93. The van der Waals surface area contributed by atoms with Crippen molar-refractivity contribution in [3.63, 3.8) is 0 Å². The summed E-state index contributed by atoms with van der Waals surface area (Å²) in [5.41, 5.74) is 15.2. The molecule has 0 aliphatic carbocycles. The van der Waals surface area contributed by atoms with Gasteiger partial charge in [0, 0.05) is 49.1 Å². The maximum absolute atomic E-state index is 6.93. The highest BCUT2D eigenvalue weighted by molar-refractivity contribution is 6.99. The first-order chi connectivity index (χ1) is 29.7. The number of fused-ring (bicyclic) bond motifs is 6. The molecular weight excluding hydrogens is 739 g/mol. The van der Waals surface area contributed by atoms with Gasteiger partial charge in [-0.2, -0.15) is 0 Å². The van der Waals surface area contributed by atoms with Crippen LogP contribution in [0.2, 0.25) is 0 Å². The van der Waals surface area contributed by atoms with E-state index in [9.17, 15) is 0 Å². The van der Waals surface area contributed by atoms with Gasteiger partial charge in [0.2, 0.25) is 0 Å². The van der Waals surface area contributed by atoms with Crippen molar-refractivity contribution in [1.82, 2.24) is 0 Å². The topological polar surface area (TPSA) is 54.0 Å². The fourth-order valence-electron chi connectivity index (χ4n) is 9.86. The minimum atomic E-state index is -0.137. The molecule has 0 spiro atoms. The minimum absolute atomic E-state index is 0.137. The van der Waals surface area contributed by atoms with Crippen LogP contribution in [0, 0.1) is 0 Å². The summed E-state index contributed by atoms with van der Waals surface area (Å²) in [6.07, 6.45) is 0. The van der Waals surface area contributed by atoms with Crippen molar-refractivity contribution in [3.8, 4) is 79.0 Å². The molecule has 9 aromatic carbocycles. The van der Waals surface area contributed by atoms with Crippen LogP contribution < -0.4 is 30.6 Å². The highest BCUT2D eigenvalue weighted by Gasteiger charge is 2.47. The van der Waals surface area contributed by atoms with Crippen molar-refractivity contribution in [2.45, 2.75) is 0 Å². The summed E-state index contributed by atoms with van der Waals surface area (Å²) in [7, 11) is 0. The third kappa shape index (κ3) is 4.47. The first-order valence-electron chi connectivity index (χ1n) is 20.2. The molecule has 60 heavy (non-hydrogen) atoms. The average molecular weight is 769 g/mol. The van der Waals surface area contributed by atoms with Crippen LogP contribution in [0.3, 0.4) is 0 Å². The van der Waals surface area contributed by atoms with Crippen LogP contribution >= 0.6 is 0 Å². The van der Waals surface area contributed by atoms with Crippen LogP contribution in [0.4, 0.5) is 0 Å². The second-order valence-electron chi connectivity index (χ2n) is 15.9. The van der Waals surface area contributed by atoms with E-state index in [0.717, 1.165) is 139 Å². The number of hydrogen-bond donors (Lipinski definition) is 0. The van der Waals surface area contributed by atoms with Gasteiger partial charge in [0.15, 0.2) is 0 Å². The minimum Gasteiger partial charge on any atom is -0.458 e. The monoisotopic (exact) mass is 768 g/mol. The zero-order valence-electron chi connectivity index (χ0n) is 31.9. The summed E-state index contributed by atoms with van der Waals surface area (Å²) in [6.45, 7) is -0.137. The molecule has 0 fully saturated rings. The van der Waals surface area contributed by atoms with Gasteiger partial charge in [0.1, 0.15) is 56.8 Å². The molecule has 6 heteroatoms. The lowest BCUT2D eigenvalue weighted by atomic mass is 9.33. The first kappa shape index (κ1) is 32.1. The summed E-state index contributed by atoms with van der Waals surface area (Å²) in [6, 6.07) is 61.2. The number of furan rings is 2. The van der Waals surface area contributed by atoms with Gasteiger partial charge in [-0.15, -0.1) is 0 Å². The van der Waals surface area contributed by atoms with E-state index >= 15 is 0 Å². The molecule has 0 saturated heterocycles. The molecule has 0 amide bonds. The largest absolute Gasteiger partial charge is 0.458 e. The number of hydrogen-bond acceptors (Lipinski definition) is 5. The molecule has 0 N–H and O–H groups in total. The van der Waals surface area contributed by atoms with Gasteiger partial charge in [-0.1, -0.05) is 91.0 Å². The van der Waals surface area contributed by atoms with Gasteiger partial charge in [0.25, 0.3) is 6.71 Å². The molecule has 11 aromatic rings. The van der Waals surface area contributed by atoms with Crippen LogP contribution in [0.1, 0.15) is 0 Å². The number of benzene rings is 9. The number of ether oxygens (including phenoxy) is 3. The predicted molar refractivity (Wildman–Crippen MR) is 241 cm³/mol. The molecule has 0 unspecified atom stereocenters. The Bertz CT molecular complexity index is 3430. The molecule has 278 valence electrons. The van der Waals surface area contributed by atoms with Gasteiger partial charge >= 0.3 is 0 Å². The van der Waals surface area contributed by atoms with E-state index in [1.165, 1.54) is 0 Å². The zero-order valence-corrected chi connectivity index (χ0v) is 31.9. The van der Waals surface area contributed by atoms with E-state index in [2.05, 4.69) is 146 Å².